The number of anilines is 2. The molecule has 0 N–H and O–H groups in total. The Morgan fingerprint density at radius 3 is 2.61 bits per heavy atom. The van der Waals surface area contributed by atoms with E-state index in [-0.39, 0.29) is 17.5 Å². The van der Waals surface area contributed by atoms with Crippen LogP contribution in [0.4, 0.5) is 10.8 Å². The molecule has 0 saturated carbocycles. The monoisotopic (exact) mass is 478 g/mol. The quantitative estimate of drug-likeness (QED) is 0.250. The topological polar surface area (TPSA) is 68.1 Å². The van der Waals surface area contributed by atoms with E-state index in [1.165, 1.54) is 23.1 Å². The molecule has 170 valence electrons. The first kappa shape index (κ1) is 23.2. The summed E-state index contributed by atoms with van der Waals surface area (Å²) in [5.41, 5.74) is 4.51. The van der Waals surface area contributed by atoms with Crippen LogP contribution < -0.4 is 10.5 Å². The molecule has 2 aromatic carbocycles. The molecule has 33 heavy (non-hydrogen) atoms. The number of aryl methyl sites for hydroxylation is 2. The summed E-state index contributed by atoms with van der Waals surface area (Å²) in [6.45, 7) is 9.55. The molecule has 0 atom stereocenters. The minimum atomic E-state index is -0.0830. The van der Waals surface area contributed by atoms with Gasteiger partial charge in [0.1, 0.15) is 0 Å². The van der Waals surface area contributed by atoms with Crippen LogP contribution in [-0.4, -0.2) is 20.4 Å². The average Bonchev–Trinajstić information content (AvgIpc) is 3.22. The Labute approximate surface area is 201 Å². The molecule has 0 bridgehead atoms. The van der Waals surface area contributed by atoms with Crippen molar-refractivity contribution in [3.05, 3.63) is 75.0 Å². The van der Waals surface area contributed by atoms with E-state index >= 15 is 0 Å². The fraction of sp³-hybridized carbons (Fsp3) is 0.280. The average molecular weight is 479 g/mol. The lowest BCUT2D eigenvalue weighted by atomic mass is 10.1. The van der Waals surface area contributed by atoms with E-state index < -0.39 is 0 Å². The van der Waals surface area contributed by atoms with E-state index in [2.05, 4.69) is 6.07 Å². The summed E-state index contributed by atoms with van der Waals surface area (Å²) in [5.74, 6) is 0.465. The molecule has 8 heteroatoms. The van der Waals surface area contributed by atoms with Gasteiger partial charge in [0, 0.05) is 24.1 Å². The van der Waals surface area contributed by atoms with Crippen LogP contribution in [-0.2, 0) is 10.5 Å². The van der Waals surface area contributed by atoms with Gasteiger partial charge in [-0.05, 0) is 51.5 Å². The van der Waals surface area contributed by atoms with Crippen LogP contribution in [0.3, 0.4) is 0 Å². The number of nitrogens with zero attached hydrogens (tertiary/aromatic N) is 4. The summed E-state index contributed by atoms with van der Waals surface area (Å²) in [4.78, 5) is 36.7. The Kier molecular flexibility index (Phi) is 6.67. The van der Waals surface area contributed by atoms with Crippen LogP contribution in [0.2, 0.25) is 0 Å². The van der Waals surface area contributed by atoms with Gasteiger partial charge >= 0.3 is 0 Å². The highest BCUT2D eigenvalue weighted by Gasteiger charge is 2.20. The largest absolute Gasteiger partial charge is 0.285 e. The Morgan fingerprint density at radius 2 is 1.91 bits per heavy atom. The molecule has 0 aliphatic heterocycles. The van der Waals surface area contributed by atoms with Gasteiger partial charge in [-0.3, -0.25) is 19.1 Å². The van der Waals surface area contributed by atoms with Crippen LogP contribution in [0.15, 0.2) is 57.8 Å². The summed E-state index contributed by atoms with van der Waals surface area (Å²) in [6, 6.07) is 13.4. The van der Waals surface area contributed by atoms with Gasteiger partial charge in [0.15, 0.2) is 10.3 Å². The lowest BCUT2D eigenvalue weighted by molar-refractivity contribution is -0.115. The maximum atomic E-state index is 13.0. The number of para-hydroxylation sites is 1. The Hall–Kier alpha value is -2.97. The molecule has 0 radical (unpaired) electrons. The van der Waals surface area contributed by atoms with Crippen LogP contribution >= 0.6 is 23.1 Å². The summed E-state index contributed by atoms with van der Waals surface area (Å²) in [7, 11) is 0. The summed E-state index contributed by atoms with van der Waals surface area (Å²) < 4.78 is 1.73. The van der Waals surface area contributed by atoms with Gasteiger partial charge in [0.2, 0.25) is 5.91 Å². The summed E-state index contributed by atoms with van der Waals surface area (Å²) in [6.07, 6.45) is 0. The zero-order valence-electron chi connectivity index (χ0n) is 19.3. The van der Waals surface area contributed by atoms with E-state index in [4.69, 9.17) is 9.97 Å². The molecule has 6 nitrogen and oxygen atoms in total. The van der Waals surface area contributed by atoms with Crippen molar-refractivity contribution in [2.24, 2.45) is 0 Å². The van der Waals surface area contributed by atoms with E-state index in [0.29, 0.717) is 26.9 Å². The number of benzene rings is 2. The molecule has 2 heterocycles. The third-order valence-electron chi connectivity index (χ3n) is 5.28. The van der Waals surface area contributed by atoms with Crippen LogP contribution in [0.1, 0.15) is 43.6 Å². The zero-order valence-corrected chi connectivity index (χ0v) is 21.0. The van der Waals surface area contributed by atoms with Gasteiger partial charge in [-0.25, -0.2) is 9.97 Å². The first-order valence-electron chi connectivity index (χ1n) is 10.7. The molecule has 0 saturated heterocycles. The predicted octanol–water partition coefficient (Wildman–Crippen LogP) is 6.03. The number of fused-ring (bicyclic) bond motifs is 1. The van der Waals surface area contributed by atoms with Gasteiger partial charge in [-0.1, -0.05) is 41.6 Å². The fourth-order valence-electron chi connectivity index (χ4n) is 3.75. The smallest absolute Gasteiger partial charge is 0.262 e. The molecule has 0 aliphatic rings. The Morgan fingerprint density at radius 1 is 1.15 bits per heavy atom. The van der Waals surface area contributed by atoms with E-state index in [1.807, 2.05) is 69.5 Å². The fourth-order valence-corrected chi connectivity index (χ4v) is 5.76. The number of carbonyl (C=O) groups is 1. The molecule has 0 aliphatic carbocycles. The third-order valence-corrected chi connectivity index (χ3v) is 7.14. The molecular formula is C25H26N4O2S2. The molecule has 0 fully saturated rings. The van der Waals surface area contributed by atoms with Crippen LogP contribution in [0.25, 0.3) is 10.9 Å². The number of hydrogen-bond acceptors (Lipinski definition) is 6. The van der Waals surface area contributed by atoms with Crippen molar-refractivity contribution in [3.63, 3.8) is 0 Å². The van der Waals surface area contributed by atoms with Gasteiger partial charge < -0.3 is 0 Å². The minimum absolute atomic E-state index is 0.0131. The van der Waals surface area contributed by atoms with E-state index in [1.54, 1.807) is 16.4 Å². The van der Waals surface area contributed by atoms with E-state index in [9.17, 15) is 9.59 Å². The lowest BCUT2D eigenvalue weighted by Crippen LogP contribution is -2.25. The number of amides is 1. The molecule has 4 aromatic rings. The third kappa shape index (κ3) is 4.72. The molecule has 0 unspecified atom stereocenters. The second-order valence-corrected chi connectivity index (χ2v) is 10.0. The van der Waals surface area contributed by atoms with Crippen molar-refractivity contribution in [2.45, 2.75) is 51.6 Å². The van der Waals surface area contributed by atoms with Crippen molar-refractivity contribution >= 4 is 50.7 Å². The predicted molar refractivity (Wildman–Crippen MR) is 137 cm³/mol. The molecule has 0 spiro atoms. The first-order chi connectivity index (χ1) is 15.8. The number of rotatable bonds is 6. The van der Waals surface area contributed by atoms with Gasteiger partial charge in [0.25, 0.3) is 5.56 Å². The van der Waals surface area contributed by atoms with Crippen molar-refractivity contribution in [2.75, 3.05) is 4.90 Å². The van der Waals surface area contributed by atoms with Crippen LogP contribution in [0.5, 0.6) is 0 Å². The summed E-state index contributed by atoms with van der Waals surface area (Å²) >= 11 is 2.92. The highest BCUT2D eigenvalue weighted by atomic mass is 32.2. The van der Waals surface area contributed by atoms with E-state index in [0.717, 1.165) is 22.5 Å². The van der Waals surface area contributed by atoms with Gasteiger partial charge in [-0.2, -0.15) is 0 Å². The number of hydrogen-bond donors (Lipinski definition) is 0. The maximum absolute atomic E-state index is 13.0. The normalized spacial score (nSPS) is 11.3. The highest BCUT2D eigenvalue weighted by molar-refractivity contribution is 7.98. The van der Waals surface area contributed by atoms with Crippen molar-refractivity contribution in [1.29, 1.82) is 0 Å². The second-order valence-electron chi connectivity index (χ2n) is 8.23. The van der Waals surface area contributed by atoms with Crippen molar-refractivity contribution < 1.29 is 4.79 Å². The maximum Gasteiger partial charge on any atom is 0.262 e. The lowest BCUT2D eigenvalue weighted by Gasteiger charge is -2.20. The van der Waals surface area contributed by atoms with Gasteiger partial charge in [-0.15, -0.1) is 11.3 Å². The highest BCUT2D eigenvalue weighted by Crippen LogP contribution is 2.33. The number of aromatic nitrogens is 3. The number of carbonyl (C=O) groups excluding carboxylic acids is 1. The Balaban J connectivity index is 1.63. The zero-order chi connectivity index (χ0) is 23.7. The van der Waals surface area contributed by atoms with Crippen LogP contribution in [0, 0.1) is 13.8 Å². The number of thioether (sulfide) groups is 1. The molecule has 4 rings (SSSR count). The molecule has 1 amide bonds. The standard InChI is InChI=1S/C25H26N4O2S2/c1-15(2)28-23(31)20-8-6-7-9-21(20)27-25(28)33-14-19-13-32-24(26-19)29(18(5)30)22-11-10-16(3)12-17(22)4/h6-13,15H,14H2,1-5H3. The minimum Gasteiger partial charge on any atom is -0.285 e. The Bertz CT molecular complexity index is 1390. The first-order valence-corrected chi connectivity index (χ1v) is 12.6. The molecule has 2 aromatic heterocycles. The van der Waals surface area contributed by atoms with Crippen molar-refractivity contribution in [1.82, 2.24) is 14.5 Å². The second kappa shape index (κ2) is 9.49. The number of thiazole rings is 1. The summed E-state index contributed by atoms with van der Waals surface area (Å²) in [5, 5.41) is 3.89. The van der Waals surface area contributed by atoms with Crippen molar-refractivity contribution in [3.8, 4) is 0 Å². The SMILES string of the molecule is CC(=O)N(c1nc(CSc2nc3ccccc3c(=O)n2C(C)C)cs1)c1ccc(C)cc1C. The molecular weight excluding hydrogens is 452 g/mol. The van der Waals surface area contributed by atoms with Gasteiger partial charge in [0.05, 0.1) is 22.3 Å².